The third-order valence-corrected chi connectivity index (χ3v) is 4.34. The first-order valence-electron chi connectivity index (χ1n) is 8.04. The van der Waals surface area contributed by atoms with Crippen LogP contribution >= 0.6 is 0 Å². The molecular formula is C17H25N5. The van der Waals surface area contributed by atoms with E-state index in [2.05, 4.69) is 58.0 Å². The standard InChI is InChI=1S/C17H25N5/c1-13(2)22-12-16(14(3)20-22)11-21-8-7-19-10-17(21)15-5-4-6-18-9-15/h4-6,9,12-13,17,19H,7-8,10-11H2,1-3H3. The van der Waals surface area contributed by atoms with Gasteiger partial charge in [0.1, 0.15) is 0 Å². The molecule has 2 aromatic rings. The van der Waals surface area contributed by atoms with E-state index in [1.54, 1.807) is 0 Å². The molecule has 1 atom stereocenters. The van der Waals surface area contributed by atoms with Gasteiger partial charge in [0.2, 0.25) is 0 Å². The Kier molecular flexibility index (Phi) is 4.55. The van der Waals surface area contributed by atoms with Gasteiger partial charge in [-0.2, -0.15) is 5.10 Å². The Morgan fingerprint density at radius 1 is 1.41 bits per heavy atom. The first-order chi connectivity index (χ1) is 10.6. The zero-order chi connectivity index (χ0) is 15.5. The number of aromatic nitrogens is 3. The van der Waals surface area contributed by atoms with Gasteiger partial charge in [-0.3, -0.25) is 14.6 Å². The number of nitrogens with one attached hydrogen (secondary N) is 1. The molecule has 0 saturated carbocycles. The van der Waals surface area contributed by atoms with Gasteiger partial charge in [-0.1, -0.05) is 6.07 Å². The molecule has 1 aliphatic rings. The van der Waals surface area contributed by atoms with Crippen LogP contribution in [0, 0.1) is 6.92 Å². The largest absolute Gasteiger partial charge is 0.314 e. The fraction of sp³-hybridized carbons (Fsp3) is 0.529. The zero-order valence-electron chi connectivity index (χ0n) is 13.7. The number of pyridine rings is 1. The highest BCUT2D eigenvalue weighted by molar-refractivity contribution is 5.19. The number of rotatable bonds is 4. The summed E-state index contributed by atoms with van der Waals surface area (Å²) in [5.41, 5.74) is 3.74. The maximum absolute atomic E-state index is 4.64. The number of nitrogens with zero attached hydrogens (tertiary/aromatic N) is 4. The highest BCUT2D eigenvalue weighted by atomic mass is 15.3. The minimum atomic E-state index is 0.379. The van der Waals surface area contributed by atoms with Crippen molar-refractivity contribution in [1.82, 2.24) is 25.0 Å². The Morgan fingerprint density at radius 3 is 2.95 bits per heavy atom. The molecule has 118 valence electrons. The van der Waals surface area contributed by atoms with Gasteiger partial charge in [-0.05, 0) is 32.4 Å². The normalized spacial score (nSPS) is 19.7. The average molecular weight is 299 g/mol. The second-order valence-corrected chi connectivity index (χ2v) is 6.29. The molecule has 0 aromatic carbocycles. The second-order valence-electron chi connectivity index (χ2n) is 6.29. The molecule has 0 spiro atoms. The van der Waals surface area contributed by atoms with E-state index in [4.69, 9.17) is 0 Å². The molecule has 1 aliphatic heterocycles. The lowest BCUT2D eigenvalue weighted by Crippen LogP contribution is -2.45. The van der Waals surface area contributed by atoms with E-state index in [1.165, 1.54) is 11.1 Å². The van der Waals surface area contributed by atoms with E-state index in [1.807, 2.05) is 18.5 Å². The Morgan fingerprint density at radius 2 is 2.27 bits per heavy atom. The zero-order valence-corrected chi connectivity index (χ0v) is 13.7. The summed E-state index contributed by atoms with van der Waals surface area (Å²) in [4.78, 5) is 6.81. The van der Waals surface area contributed by atoms with Crippen molar-refractivity contribution in [3.8, 4) is 0 Å². The highest BCUT2D eigenvalue weighted by Crippen LogP contribution is 2.24. The molecule has 0 amide bonds. The second kappa shape index (κ2) is 6.58. The molecule has 0 radical (unpaired) electrons. The smallest absolute Gasteiger partial charge is 0.0638 e. The SMILES string of the molecule is Cc1nn(C(C)C)cc1CN1CCNCC1c1cccnc1. The van der Waals surface area contributed by atoms with Crippen molar-refractivity contribution in [2.75, 3.05) is 19.6 Å². The maximum Gasteiger partial charge on any atom is 0.0638 e. The van der Waals surface area contributed by atoms with Crippen molar-refractivity contribution in [2.24, 2.45) is 0 Å². The van der Waals surface area contributed by atoms with Gasteiger partial charge >= 0.3 is 0 Å². The van der Waals surface area contributed by atoms with Crippen LogP contribution in [-0.2, 0) is 6.54 Å². The Bertz CT molecular complexity index is 605. The summed E-state index contributed by atoms with van der Waals surface area (Å²) >= 11 is 0. The molecule has 3 heterocycles. The first kappa shape index (κ1) is 15.2. The van der Waals surface area contributed by atoms with Crippen molar-refractivity contribution >= 4 is 0 Å². The van der Waals surface area contributed by atoms with E-state index in [9.17, 15) is 0 Å². The number of hydrogen-bond donors (Lipinski definition) is 1. The third kappa shape index (κ3) is 3.20. The van der Waals surface area contributed by atoms with Gasteiger partial charge in [0.05, 0.1) is 5.69 Å². The molecule has 1 saturated heterocycles. The fourth-order valence-corrected chi connectivity index (χ4v) is 3.00. The molecule has 22 heavy (non-hydrogen) atoms. The van der Waals surface area contributed by atoms with Crippen LogP contribution in [0.1, 0.15) is 42.8 Å². The topological polar surface area (TPSA) is 46.0 Å². The van der Waals surface area contributed by atoms with Crippen LogP contribution < -0.4 is 5.32 Å². The molecular weight excluding hydrogens is 274 g/mol. The summed E-state index contributed by atoms with van der Waals surface area (Å²) in [5.74, 6) is 0. The van der Waals surface area contributed by atoms with Gasteiger partial charge in [0.15, 0.2) is 0 Å². The van der Waals surface area contributed by atoms with Gasteiger partial charge in [0.25, 0.3) is 0 Å². The van der Waals surface area contributed by atoms with Crippen molar-refractivity contribution in [1.29, 1.82) is 0 Å². The average Bonchev–Trinajstić information content (AvgIpc) is 2.90. The van der Waals surface area contributed by atoms with Crippen LogP contribution in [0.2, 0.25) is 0 Å². The molecule has 5 nitrogen and oxygen atoms in total. The molecule has 1 unspecified atom stereocenters. The number of aryl methyl sites for hydroxylation is 1. The predicted octanol–water partition coefficient (Wildman–Crippen LogP) is 2.31. The molecule has 5 heteroatoms. The molecule has 1 N–H and O–H groups in total. The molecule has 0 aliphatic carbocycles. The summed E-state index contributed by atoms with van der Waals surface area (Å²) in [7, 11) is 0. The molecule has 3 rings (SSSR count). The van der Waals surface area contributed by atoms with Crippen molar-refractivity contribution in [2.45, 2.75) is 39.4 Å². The molecule has 1 fully saturated rings. The van der Waals surface area contributed by atoms with Crippen LogP contribution in [-0.4, -0.2) is 39.3 Å². The van der Waals surface area contributed by atoms with Gasteiger partial charge in [-0.25, -0.2) is 0 Å². The highest BCUT2D eigenvalue weighted by Gasteiger charge is 2.25. The van der Waals surface area contributed by atoms with E-state index in [0.29, 0.717) is 12.1 Å². The summed E-state index contributed by atoms with van der Waals surface area (Å²) in [6.45, 7) is 10.4. The van der Waals surface area contributed by atoms with E-state index >= 15 is 0 Å². The predicted molar refractivity (Wildman–Crippen MR) is 87.6 cm³/mol. The maximum atomic E-state index is 4.64. The summed E-state index contributed by atoms with van der Waals surface area (Å²) < 4.78 is 2.06. The van der Waals surface area contributed by atoms with Crippen molar-refractivity contribution in [3.05, 3.63) is 47.5 Å². The van der Waals surface area contributed by atoms with Crippen LogP contribution in [0.15, 0.2) is 30.7 Å². The first-order valence-corrected chi connectivity index (χ1v) is 8.04. The molecule has 2 aromatic heterocycles. The van der Waals surface area contributed by atoms with E-state index in [-0.39, 0.29) is 0 Å². The van der Waals surface area contributed by atoms with Crippen molar-refractivity contribution < 1.29 is 0 Å². The fourth-order valence-electron chi connectivity index (χ4n) is 3.00. The van der Waals surface area contributed by atoms with Gasteiger partial charge in [0, 0.05) is 62.4 Å². The van der Waals surface area contributed by atoms with E-state index < -0.39 is 0 Å². The summed E-state index contributed by atoms with van der Waals surface area (Å²) in [6, 6.07) is 4.97. The minimum absolute atomic E-state index is 0.379. The van der Waals surface area contributed by atoms with Crippen LogP contribution in [0.5, 0.6) is 0 Å². The number of hydrogen-bond acceptors (Lipinski definition) is 4. The quantitative estimate of drug-likeness (QED) is 0.941. The monoisotopic (exact) mass is 299 g/mol. The third-order valence-electron chi connectivity index (χ3n) is 4.34. The lowest BCUT2D eigenvalue weighted by molar-refractivity contribution is 0.153. The lowest BCUT2D eigenvalue weighted by atomic mass is 10.0. The Hall–Kier alpha value is -1.72. The molecule has 0 bridgehead atoms. The van der Waals surface area contributed by atoms with Crippen LogP contribution in [0.3, 0.4) is 0 Å². The van der Waals surface area contributed by atoms with Crippen molar-refractivity contribution in [3.63, 3.8) is 0 Å². The summed E-state index contributed by atoms with van der Waals surface area (Å²) in [6.07, 6.45) is 6.01. The lowest BCUT2D eigenvalue weighted by Gasteiger charge is -2.36. The van der Waals surface area contributed by atoms with Crippen LogP contribution in [0.4, 0.5) is 0 Å². The van der Waals surface area contributed by atoms with Gasteiger partial charge in [-0.15, -0.1) is 0 Å². The number of piperazine rings is 1. The minimum Gasteiger partial charge on any atom is -0.314 e. The van der Waals surface area contributed by atoms with E-state index in [0.717, 1.165) is 31.9 Å². The Labute approximate surface area is 132 Å². The van der Waals surface area contributed by atoms with Crippen LogP contribution in [0.25, 0.3) is 0 Å². The van der Waals surface area contributed by atoms with Gasteiger partial charge < -0.3 is 5.32 Å². The summed E-state index contributed by atoms with van der Waals surface area (Å²) in [5, 5.41) is 8.13. The Balaban J connectivity index is 1.80.